The predicted octanol–water partition coefficient (Wildman–Crippen LogP) is 4.11. The lowest BCUT2D eigenvalue weighted by Crippen LogP contribution is -2.02. The van der Waals surface area contributed by atoms with Crippen LogP contribution in [0.5, 0.6) is 5.75 Å². The maximum absolute atomic E-state index is 12.9. The zero-order chi connectivity index (χ0) is 15.4. The van der Waals surface area contributed by atoms with Gasteiger partial charge in [-0.1, -0.05) is 23.7 Å². The Balaban J connectivity index is 2.56. The van der Waals surface area contributed by atoms with Crippen LogP contribution in [0.1, 0.15) is 11.1 Å². The number of carboxylic acid groups (broad SMARTS) is 1. The number of methoxy groups -OCH3 is 1. The van der Waals surface area contributed by atoms with E-state index < -0.39 is 5.97 Å². The van der Waals surface area contributed by atoms with Crippen molar-refractivity contribution in [3.8, 4) is 5.75 Å². The Hall–Kier alpha value is -2.33. The standard InChI is InChI=1S/C16H12ClFO3/c1-21-15-7-4-11(17)9-13(15)14(16(19)20)8-10-2-5-12(18)6-3-10/h2-9H,1H3,(H,19,20)/b14-8-. The normalized spacial score (nSPS) is 11.3. The molecule has 2 rings (SSSR count). The van der Waals surface area contributed by atoms with Crippen molar-refractivity contribution in [3.63, 3.8) is 0 Å². The van der Waals surface area contributed by atoms with Gasteiger partial charge < -0.3 is 9.84 Å². The van der Waals surface area contributed by atoms with E-state index >= 15 is 0 Å². The first-order valence-electron chi connectivity index (χ1n) is 6.05. The molecule has 2 aromatic carbocycles. The molecule has 0 aliphatic rings. The number of aliphatic carboxylic acids is 1. The number of carboxylic acids is 1. The molecule has 0 saturated heterocycles. The molecule has 21 heavy (non-hydrogen) atoms. The molecule has 0 fully saturated rings. The van der Waals surface area contributed by atoms with E-state index in [2.05, 4.69) is 0 Å². The van der Waals surface area contributed by atoms with E-state index in [4.69, 9.17) is 16.3 Å². The van der Waals surface area contributed by atoms with Gasteiger partial charge in [0, 0.05) is 10.6 Å². The molecular weight excluding hydrogens is 295 g/mol. The number of benzene rings is 2. The maximum Gasteiger partial charge on any atom is 0.336 e. The molecule has 0 aromatic heterocycles. The molecule has 0 spiro atoms. The minimum Gasteiger partial charge on any atom is -0.496 e. The van der Waals surface area contributed by atoms with E-state index in [0.717, 1.165) is 0 Å². The van der Waals surface area contributed by atoms with E-state index in [-0.39, 0.29) is 11.4 Å². The van der Waals surface area contributed by atoms with Gasteiger partial charge in [-0.25, -0.2) is 9.18 Å². The molecule has 0 atom stereocenters. The summed E-state index contributed by atoms with van der Waals surface area (Å²) in [5.41, 5.74) is 0.943. The number of rotatable bonds is 4. The van der Waals surface area contributed by atoms with Crippen LogP contribution >= 0.6 is 11.6 Å². The van der Waals surface area contributed by atoms with Crippen LogP contribution in [-0.2, 0) is 4.79 Å². The molecule has 108 valence electrons. The number of ether oxygens (including phenoxy) is 1. The van der Waals surface area contributed by atoms with Gasteiger partial charge in [-0.15, -0.1) is 0 Å². The van der Waals surface area contributed by atoms with E-state index in [1.807, 2.05) is 0 Å². The Kier molecular flexibility index (Phi) is 4.60. The molecule has 1 N–H and O–H groups in total. The van der Waals surface area contributed by atoms with Crippen molar-refractivity contribution in [2.24, 2.45) is 0 Å². The fourth-order valence-corrected chi connectivity index (χ4v) is 2.04. The number of hydrogen-bond donors (Lipinski definition) is 1. The van der Waals surface area contributed by atoms with Gasteiger partial charge in [0.1, 0.15) is 11.6 Å². The second-order valence-corrected chi connectivity index (χ2v) is 4.70. The van der Waals surface area contributed by atoms with Crippen LogP contribution in [0.25, 0.3) is 11.6 Å². The number of halogens is 2. The summed E-state index contributed by atoms with van der Waals surface area (Å²) in [7, 11) is 1.45. The topological polar surface area (TPSA) is 46.5 Å². The summed E-state index contributed by atoms with van der Waals surface area (Å²) >= 11 is 5.92. The van der Waals surface area contributed by atoms with Crippen LogP contribution < -0.4 is 4.74 Å². The Morgan fingerprint density at radius 2 is 1.90 bits per heavy atom. The van der Waals surface area contributed by atoms with Gasteiger partial charge in [-0.05, 0) is 42.0 Å². The Morgan fingerprint density at radius 1 is 1.24 bits per heavy atom. The Bertz CT molecular complexity index is 693. The smallest absolute Gasteiger partial charge is 0.336 e. The monoisotopic (exact) mass is 306 g/mol. The average Bonchev–Trinajstić information content (AvgIpc) is 2.46. The third-order valence-electron chi connectivity index (χ3n) is 2.86. The Morgan fingerprint density at radius 3 is 2.48 bits per heavy atom. The second-order valence-electron chi connectivity index (χ2n) is 4.26. The largest absolute Gasteiger partial charge is 0.496 e. The molecule has 0 bridgehead atoms. The molecular formula is C16H12ClFO3. The van der Waals surface area contributed by atoms with E-state index in [9.17, 15) is 14.3 Å². The molecule has 0 aliphatic heterocycles. The van der Waals surface area contributed by atoms with Crippen molar-refractivity contribution in [2.45, 2.75) is 0 Å². The van der Waals surface area contributed by atoms with Crippen molar-refractivity contribution in [3.05, 3.63) is 64.4 Å². The fourth-order valence-electron chi connectivity index (χ4n) is 1.87. The third-order valence-corrected chi connectivity index (χ3v) is 3.10. The van der Waals surface area contributed by atoms with Gasteiger partial charge >= 0.3 is 5.97 Å². The summed E-state index contributed by atoms with van der Waals surface area (Å²) in [4.78, 5) is 11.5. The maximum atomic E-state index is 12.9. The first-order valence-corrected chi connectivity index (χ1v) is 6.43. The first kappa shape index (κ1) is 15.1. The lowest BCUT2D eigenvalue weighted by molar-refractivity contribution is -0.130. The predicted molar refractivity (Wildman–Crippen MR) is 79.9 cm³/mol. The van der Waals surface area contributed by atoms with Crippen LogP contribution in [-0.4, -0.2) is 18.2 Å². The number of carbonyl (C=O) groups is 1. The van der Waals surface area contributed by atoms with Crippen molar-refractivity contribution < 1.29 is 19.0 Å². The quantitative estimate of drug-likeness (QED) is 0.683. The van der Waals surface area contributed by atoms with Crippen LogP contribution in [0.3, 0.4) is 0 Å². The molecule has 5 heteroatoms. The van der Waals surface area contributed by atoms with Gasteiger partial charge in [-0.2, -0.15) is 0 Å². The third kappa shape index (κ3) is 3.61. The number of hydrogen-bond acceptors (Lipinski definition) is 2. The fraction of sp³-hybridized carbons (Fsp3) is 0.0625. The van der Waals surface area contributed by atoms with Gasteiger partial charge in [0.05, 0.1) is 12.7 Å². The molecule has 0 aliphatic carbocycles. The minimum atomic E-state index is -1.13. The zero-order valence-corrected chi connectivity index (χ0v) is 11.9. The molecule has 0 heterocycles. The highest BCUT2D eigenvalue weighted by atomic mass is 35.5. The lowest BCUT2D eigenvalue weighted by Gasteiger charge is -2.10. The molecule has 0 saturated carbocycles. The highest BCUT2D eigenvalue weighted by molar-refractivity contribution is 6.31. The van der Waals surface area contributed by atoms with Crippen molar-refractivity contribution >= 4 is 29.2 Å². The minimum absolute atomic E-state index is 0.0148. The first-order chi connectivity index (χ1) is 10.0. The molecule has 0 unspecified atom stereocenters. The van der Waals surface area contributed by atoms with Crippen LogP contribution in [0.2, 0.25) is 5.02 Å². The average molecular weight is 307 g/mol. The van der Waals surface area contributed by atoms with Gasteiger partial charge in [0.15, 0.2) is 0 Å². The van der Waals surface area contributed by atoms with Crippen molar-refractivity contribution in [2.75, 3.05) is 7.11 Å². The summed E-state index contributed by atoms with van der Waals surface area (Å²) in [6.07, 6.45) is 1.44. The highest BCUT2D eigenvalue weighted by Crippen LogP contribution is 2.30. The SMILES string of the molecule is COc1ccc(Cl)cc1/C(=C/c1ccc(F)cc1)C(=O)O. The van der Waals surface area contributed by atoms with Crippen LogP contribution in [0.15, 0.2) is 42.5 Å². The van der Waals surface area contributed by atoms with Crippen LogP contribution in [0.4, 0.5) is 4.39 Å². The zero-order valence-electron chi connectivity index (χ0n) is 11.1. The molecule has 0 amide bonds. The lowest BCUT2D eigenvalue weighted by atomic mass is 10.0. The van der Waals surface area contributed by atoms with Crippen molar-refractivity contribution in [1.82, 2.24) is 0 Å². The summed E-state index contributed by atoms with van der Waals surface area (Å²) in [5, 5.41) is 9.81. The van der Waals surface area contributed by atoms with E-state index in [1.165, 1.54) is 43.5 Å². The van der Waals surface area contributed by atoms with Gasteiger partial charge in [0.25, 0.3) is 0 Å². The molecule has 2 aromatic rings. The van der Waals surface area contributed by atoms with Crippen LogP contribution in [0, 0.1) is 5.82 Å². The second kappa shape index (κ2) is 6.41. The molecule has 3 nitrogen and oxygen atoms in total. The highest BCUT2D eigenvalue weighted by Gasteiger charge is 2.16. The van der Waals surface area contributed by atoms with Crippen molar-refractivity contribution in [1.29, 1.82) is 0 Å². The summed E-state index contributed by atoms with van der Waals surface area (Å²) in [5.74, 6) is -1.11. The summed E-state index contributed by atoms with van der Waals surface area (Å²) < 4.78 is 18.1. The van der Waals surface area contributed by atoms with Gasteiger partial charge in [0.2, 0.25) is 0 Å². The van der Waals surface area contributed by atoms with E-state index in [1.54, 1.807) is 12.1 Å². The molecule has 0 radical (unpaired) electrons. The summed E-state index contributed by atoms with van der Waals surface area (Å²) in [6.45, 7) is 0. The Labute approximate surface area is 126 Å². The van der Waals surface area contributed by atoms with Gasteiger partial charge in [-0.3, -0.25) is 0 Å². The van der Waals surface area contributed by atoms with E-state index in [0.29, 0.717) is 21.9 Å². The summed E-state index contributed by atoms with van der Waals surface area (Å²) in [6, 6.07) is 10.2.